The molecule has 2 heterocycles. The van der Waals surface area contributed by atoms with Crippen LogP contribution in [0.3, 0.4) is 0 Å². The van der Waals surface area contributed by atoms with Crippen LogP contribution in [0, 0.1) is 5.92 Å². The fourth-order valence-corrected chi connectivity index (χ4v) is 3.79. The van der Waals surface area contributed by atoms with Crippen LogP contribution >= 0.6 is 22.9 Å². The summed E-state index contributed by atoms with van der Waals surface area (Å²) in [7, 11) is 0. The average molecular weight is 393 g/mol. The normalized spacial score (nSPS) is 17.6. The third-order valence-corrected chi connectivity index (χ3v) is 5.36. The van der Waals surface area contributed by atoms with Crippen molar-refractivity contribution < 1.29 is 9.59 Å². The van der Waals surface area contributed by atoms with Crippen LogP contribution in [0.5, 0.6) is 0 Å². The van der Waals surface area contributed by atoms with E-state index in [0.29, 0.717) is 23.1 Å². The SMILES string of the molecule is CC(C)(C)N1C[C@@H](C(=O)Nc2nnc(Cc3ccc(Cl)cc3)s2)CC1=O. The van der Waals surface area contributed by atoms with Crippen LogP contribution in [0.2, 0.25) is 5.02 Å². The fourth-order valence-electron chi connectivity index (χ4n) is 2.89. The largest absolute Gasteiger partial charge is 0.337 e. The van der Waals surface area contributed by atoms with Crippen LogP contribution in [0.1, 0.15) is 37.8 Å². The molecular formula is C18H21ClN4O2S. The van der Waals surface area contributed by atoms with E-state index in [1.807, 2.05) is 45.0 Å². The van der Waals surface area contributed by atoms with Gasteiger partial charge >= 0.3 is 0 Å². The summed E-state index contributed by atoms with van der Waals surface area (Å²) in [4.78, 5) is 26.4. The molecule has 0 aliphatic carbocycles. The lowest BCUT2D eigenvalue weighted by Crippen LogP contribution is -2.42. The second-order valence-electron chi connectivity index (χ2n) is 7.37. The van der Waals surface area contributed by atoms with E-state index in [0.717, 1.165) is 10.6 Å². The number of benzene rings is 1. The van der Waals surface area contributed by atoms with E-state index in [-0.39, 0.29) is 29.7 Å². The first-order valence-corrected chi connectivity index (χ1v) is 9.60. The van der Waals surface area contributed by atoms with Crippen molar-refractivity contribution in [2.75, 3.05) is 11.9 Å². The summed E-state index contributed by atoms with van der Waals surface area (Å²) in [6, 6.07) is 7.54. The zero-order valence-corrected chi connectivity index (χ0v) is 16.5. The van der Waals surface area contributed by atoms with Gasteiger partial charge in [0.1, 0.15) is 5.01 Å². The third kappa shape index (κ3) is 4.40. The van der Waals surface area contributed by atoms with Gasteiger partial charge in [0.15, 0.2) is 0 Å². The molecule has 3 rings (SSSR count). The highest BCUT2D eigenvalue weighted by molar-refractivity contribution is 7.15. The molecule has 8 heteroatoms. The molecule has 6 nitrogen and oxygen atoms in total. The minimum absolute atomic E-state index is 0.0124. The Morgan fingerprint density at radius 3 is 2.62 bits per heavy atom. The van der Waals surface area contributed by atoms with E-state index in [9.17, 15) is 9.59 Å². The molecule has 2 amide bonds. The van der Waals surface area contributed by atoms with Gasteiger partial charge in [0, 0.05) is 29.9 Å². The minimum atomic E-state index is -0.356. The van der Waals surface area contributed by atoms with Gasteiger partial charge in [-0.1, -0.05) is 35.1 Å². The number of anilines is 1. The van der Waals surface area contributed by atoms with Crippen LogP contribution in [0.4, 0.5) is 5.13 Å². The van der Waals surface area contributed by atoms with E-state index in [1.54, 1.807) is 4.90 Å². The quantitative estimate of drug-likeness (QED) is 0.865. The smallest absolute Gasteiger partial charge is 0.231 e. The van der Waals surface area contributed by atoms with Crippen LogP contribution in [0.25, 0.3) is 0 Å². The number of aromatic nitrogens is 2. The van der Waals surface area contributed by atoms with Crippen LogP contribution < -0.4 is 5.32 Å². The summed E-state index contributed by atoms with van der Waals surface area (Å²) < 4.78 is 0. The van der Waals surface area contributed by atoms with Gasteiger partial charge in [0.05, 0.1) is 5.92 Å². The molecule has 0 spiro atoms. The lowest BCUT2D eigenvalue weighted by atomic mass is 10.1. The third-order valence-electron chi connectivity index (χ3n) is 4.27. The highest BCUT2D eigenvalue weighted by atomic mass is 35.5. The Bertz CT molecular complexity index is 813. The van der Waals surface area contributed by atoms with Gasteiger partial charge in [-0.2, -0.15) is 0 Å². The van der Waals surface area contributed by atoms with Crippen molar-refractivity contribution in [3.8, 4) is 0 Å². The van der Waals surface area contributed by atoms with E-state index < -0.39 is 0 Å². The molecule has 0 saturated carbocycles. The Morgan fingerprint density at radius 1 is 1.31 bits per heavy atom. The number of amides is 2. The van der Waals surface area contributed by atoms with Gasteiger partial charge in [-0.3, -0.25) is 9.59 Å². The average Bonchev–Trinajstić information content (AvgIpc) is 3.16. The number of halogens is 1. The number of nitrogens with one attached hydrogen (secondary N) is 1. The van der Waals surface area contributed by atoms with E-state index in [2.05, 4.69) is 15.5 Å². The van der Waals surface area contributed by atoms with Gasteiger partial charge in [-0.05, 0) is 38.5 Å². The van der Waals surface area contributed by atoms with Gasteiger partial charge in [0.25, 0.3) is 0 Å². The number of carbonyl (C=O) groups excluding carboxylic acids is 2. The lowest BCUT2D eigenvalue weighted by Gasteiger charge is -2.31. The number of rotatable bonds is 4. The van der Waals surface area contributed by atoms with Gasteiger partial charge in [0.2, 0.25) is 16.9 Å². The summed E-state index contributed by atoms with van der Waals surface area (Å²) in [6.45, 7) is 6.35. The first-order valence-electron chi connectivity index (χ1n) is 8.40. The topological polar surface area (TPSA) is 75.2 Å². The zero-order valence-electron chi connectivity index (χ0n) is 15.0. The Kier molecular flexibility index (Phi) is 5.29. The number of likely N-dealkylation sites (tertiary alicyclic amines) is 1. The second-order valence-corrected chi connectivity index (χ2v) is 8.87. The monoisotopic (exact) mass is 392 g/mol. The maximum Gasteiger partial charge on any atom is 0.231 e. The van der Waals surface area contributed by atoms with Crippen molar-refractivity contribution in [2.45, 2.75) is 39.2 Å². The number of hydrogen-bond donors (Lipinski definition) is 1. The first-order chi connectivity index (χ1) is 12.2. The molecule has 1 atom stereocenters. The standard InChI is InChI=1S/C18H21ClN4O2S/c1-18(2,3)23-10-12(9-15(23)24)16(25)20-17-22-21-14(26-17)8-11-4-6-13(19)7-5-11/h4-7,12H,8-10H2,1-3H3,(H,20,22,25)/t12-/m0/s1. The van der Waals surface area contributed by atoms with E-state index in [4.69, 9.17) is 11.6 Å². The molecule has 1 aliphatic heterocycles. The Hall–Kier alpha value is -1.99. The molecular weight excluding hydrogens is 372 g/mol. The Balaban J connectivity index is 1.60. The van der Waals surface area contributed by atoms with Crippen LogP contribution in [0.15, 0.2) is 24.3 Å². The molecule has 1 aromatic carbocycles. The van der Waals surface area contributed by atoms with Gasteiger partial charge < -0.3 is 10.2 Å². The van der Waals surface area contributed by atoms with E-state index in [1.165, 1.54) is 11.3 Å². The molecule has 0 radical (unpaired) electrons. The zero-order chi connectivity index (χ0) is 18.9. The molecule has 1 aromatic heterocycles. The number of nitrogens with zero attached hydrogens (tertiary/aromatic N) is 3. The first kappa shape index (κ1) is 18.8. The molecule has 1 aliphatic rings. The van der Waals surface area contributed by atoms with Crippen LogP contribution in [-0.4, -0.2) is 39.0 Å². The molecule has 1 N–H and O–H groups in total. The van der Waals surface area contributed by atoms with Gasteiger partial charge in [-0.25, -0.2) is 0 Å². The van der Waals surface area contributed by atoms with E-state index >= 15 is 0 Å². The molecule has 1 saturated heterocycles. The van der Waals surface area contributed by atoms with Gasteiger partial charge in [-0.15, -0.1) is 10.2 Å². The number of carbonyl (C=O) groups is 2. The maximum atomic E-state index is 12.5. The molecule has 2 aromatic rings. The summed E-state index contributed by atoms with van der Waals surface area (Å²) in [6.07, 6.45) is 0.865. The van der Waals surface area contributed by atoms with Crippen molar-refractivity contribution in [1.29, 1.82) is 0 Å². The van der Waals surface area contributed by atoms with Crippen molar-refractivity contribution in [1.82, 2.24) is 15.1 Å². The lowest BCUT2D eigenvalue weighted by molar-refractivity contribution is -0.131. The molecule has 0 unspecified atom stereocenters. The Morgan fingerprint density at radius 2 is 2.00 bits per heavy atom. The van der Waals surface area contributed by atoms with Crippen molar-refractivity contribution in [3.63, 3.8) is 0 Å². The minimum Gasteiger partial charge on any atom is -0.337 e. The summed E-state index contributed by atoms with van der Waals surface area (Å²) in [5.41, 5.74) is 0.797. The molecule has 1 fully saturated rings. The predicted molar refractivity (Wildman–Crippen MR) is 102 cm³/mol. The fraction of sp³-hybridized carbons (Fsp3) is 0.444. The second kappa shape index (κ2) is 7.32. The number of hydrogen-bond acceptors (Lipinski definition) is 5. The molecule has 0 bridgehead atoms. The summed E-state index contributed by atoms with van der Waals surface area (Å²) >= 11 is 7.23. The summed E-state index contributed by atoms with van der Waals surface area (Å²) in [5, 5.41) is 12.9. The highest BCUT2D eigenvalue weighted by Crippen LogP contribution is 2.27. The van der Waals surface area contributed by atoms with Crippen LogP contribution in [-0.2, 0) is 16.0 Å². The van der Waals surface area contributed by atoms with Crippen molar-refractivity contribution >= 4 is 39.9 Å². The predicted octanol–water partition coefficient (Wildman–Crippen LogP) is 3.37. The van der Waals surface area contributed by atoms with Crippen molar-refractivity contribution in [3.05, 3.63) is 39.9 Å². The highest BCUT2D eigenvalue weighted by Gasteiger charge is 2.39. The maximum absolute atomic E-state index is 12.5. The Labute approximate surface area is 161 Å². The summed E-state index contributed by atoms with van der Waals surface area (Å²) in [5.74, 6) is -0.525. The molecule has 26 heavy (non-hydrogen) atoms. The molecule has 138 valence electrons. The van der Waals surface area contributed by atoms with Crippen molar-refractivity contribution in [2.24, 2.45) is 5.92 Å².